The second-order valence-corrected chi connectivity index (χ2v) is 8.48. The van der Waals surface area contributed by atoms with Gasteiger partial charge in [-0.05, 0) is 26.8 Å². The normalized spacial score (nSPS) is 18.8. The average molecular weight is 503 g/mol. The van der Waals surface area contributed by atoms with Crippen molar-refractivity contribution in [1.29, 1.82) is 0 Å². The second kappa shape index (κ2) is 12.2. The molecule has 2 saturated heterocycles. The van der Waals surface area contributed by atoms with Gasteiger partial charge >= 0.3 is 0 Å². The quantitative estimate of drug-likeness (QED) is 0.440. The highest BCUT2D eigenvalue weighted by Crippen LogP contribution is 2.23. The van der Waals surface area contributed by atoms with Gasteiger partial charge in [0.2, 0.25) is 17.7 Å². The van der Waals surface area contributed by atoms with Gasteiger partial charge in [-0.25, -0.2) is 9.97 Å². The van der Waals surface area contributed by atoms with Gasteiger partial charge in [0.05, 0.1) is 16.4 Å². The number of nitrogens with one attached hydrogen (secondary N) is 1. The van der Waals surface area contributed by atoms with Crippen molar-refractivity contribution >= 4 is 17.3 Å². The summed E-state index contributed by atoms with van der Waals surface area (Å²) in [7, 11) is 0. The fourth-order valence-electron chi connectivity index (χ4n) is 3.92. The number of nitro groups is 2. The van der Waals surface area contributed by atoms with Crippen LogP contribution in [-0.4, -0.2) is 69.0 Å². The third-order valence-electron chi connectivity index (χ3n) is 5.85. The number of carbonyl (C=O) groups excluding carboxylic acids is 1. The highest BCUT2D eigenvalue weighted by atomic mass is 16.6. The molecule has 0 aliphatic carbocycles. The van der Waals surface area contributed by atoms with Gasteiger partial charge in [0.25, 0.3) is 11.4 Å². The number of aromatic nitrogens is 2. The van der Waals surface area contributed by atoms with Crippen LogP contribution in [0, 0.1) is 34.1 Å². The Morgan fingerprint density at radius 1 is 1.00 bits per heavy atom. The van der Waals surface area contributed by atoms with Crippen molar-refractivity contribution in [2.75, 3.05) is 26.2 Å². The zero-order valence-electron chi connectivity index (χ0n) is 20.5. The summed E-state index contributed by atoms with van der Waals surface area (Å²) in [5, 5.41) is 24.5. The summed E-state index contributed by atoms with van der Waals surface area (Å²) < 4.78 is 11.3. The topological polar surface area (TPSA) is 163 Å². The molecule has 13 heteroatoms. The predicted octanol–water partition coefficient (Wildman–Crippen LogP) is 2.73. The fraction of sp³-hybridized carbons (Fsp3) is 0.522. The maximum absolute atomic E-state index is 11.6. The maximum Gasteiger partial charge on any atom is 0.290 e. The molecule has 2 aliphatic rings. The van der Waals surface area contributed by atoms with E-state index in [4.69, 9.17) is 9.47 Å². The number of amides is 1. The van der Waals surface area contributed by atoms with E-state index in [1.54, 1.807) is 24.8 Å². The number of carbonyl (C=O) groups is 1. The van der Waals surface area contributed by atoms with Crippen molar-refractivity contribution in [3.8, 4) is 11.8 Å². The van der Waals surface area contributed by atoms with Crippen molar-refractivity contribution in [1.82, 2.24) is 20.2 Å². The van der Waals surface area contributed by atoms with E-state index in [-0.39, 0.29) is 29.5 Å². The first-order valence-corrected chi connectivity index (χ1v) is 11.7. The first-order valence-electron chi connectivity index (χ1n) is 11.7. The van der Waals surface area contributed by atoms with Crippen LogP contribution >= 0.6 is 0 Å². The van der Waals surface area contributed by atoms with E-state index >= 15 is 0 Å². The number of hydrogen-bond donors (Lipinski definition) is 1. The first kappa shape index (κ1) is 26.7. The Morgan fingerprint density at radius 3 is 2.00 bits per heavy atom. The zero-order chi connectivity index (χ0) is 26.2. The van der Waals surface area contributed by atoms with Gasteiger partial charge in [-0.15, -0.1) is 0 Å². The smallest absolute Gasteiger partial charge is 0.290 e. The molecule has 194 valence electrons. The third-order valence-corrected chi connectivity index (χ3v) is 5.85. The molecule has 2 aromatic rings. The molecule has 1 amide bonds. The molecule has 4 rings (SSSR count). The van der Waals surface area contributed by atoms with Gasteiger partial charge in [0.15, 0.2) is 0 Å². The summed E-state index contributed by atoms with van der Waals surface area (Å²) in [4.78, 5) is 41.9. The number of ether oxygens (including phenoxy) is 2. The number of pyridine rings is 2. The van der Waals surface area contributed by atoms with E-state index < -0.39 is 9.85 Å². The van der Waals surface area contributed by atoms with Crippen molar-refractivity contribution in [3.05, 3.63) is 55.9 Å². The van der Waals surface area contributed by atoms with Crippen LogP contribution in [0.1, 0.15) is 37.6 Å². The molecule has 0 spiro atoms. The van der Waals surface area contributed by atoms with Crippen molar-refractivity contribution in [2.45, 2.75) is 52.2 Å². The summed E-state index contributed by atoms with van der Waals surface area (Å²) >= 11 is 0. The zero-order valence-corrected chi connectivity index (χ0v) is 20.5. The van der Waals surface area contributed by atoms with E-state index in [1.165, 1.54) is 18.2 Å². The Hall–Kier alpha value is -3.87. The molecule has 0 saturated carbocycles. The third kappa shape index (κ3) is 7.07. The molecule has 2 aliphatic heterocycles. The summed E-state index contributed by atoms with van der Waals surface area (Å²) in [5.41, 5.74) is 0.712. The minimum atomic E-state index is -0.469. The van der Waals surface area contributed by atoms with E-state index in [0.29, 0.717) is 42.7 Å². The highest BCUT2D eigenvalue weighted by molar-refractivity contribution is 5.76. The SMILES string of the molecule is CCC(=O)N1CCC(Oc2ccc([N+](=O)[O-])c(C)n2)C1.Cc1nc(OC2CCNC2)ccc1[N+](=O)[O-]. The number of rotatable bonds is 7. The Bertz CT molecular complexity index is 1110. The molecule has 0 bridgehead atoms. The van der Waals surface area contributed by atoms with E-state index in [2.05, 4.69) is 15.3 Å². The van der Waals surface area contributed by atoms with Gasteiger partial charge in [-0.2, -0.15) is 0 Å². The summed E-state index contributed by atoms with van der Waals surface area (Å²) in [6.45, 7) is 7.99. The van der Waals surface area contributed by atoms with Crippen molar-refractivity contribution < 1.29 is 24.1 Å². The monoisotopic (exact) mass is 502 g/mol. The number of aryl methyl sites for hydroxylation is 2. The molecule has 2 unspecified atom stereocenters. The fourth-order valence-corrected chi connectivity index (χ4v) is 3.92. The lowest BCUT2D eigenvalue weighted by atomic mass is 10.3. The lowest BCUT2D eigenvalue weighted by Gasteiger charge is -2.16. The molecule has 1 N–H and O–H groups in total. The molecule has 0 aromatic carbocycles. The Balaban J connectivity index is 0.000000205. The molecule has 13 nitrogen and oxygen atoms in total. The van der Waals surface area contributed by atoms with Crippen LogP contribution in [0.25, 0.3) is 0 Å². The second-order valence-electron chi connectivity index (χ2n) is 8.48. The van der Waals surface area contributed by atoms with Crippen LogP contribution in [0.4, 0.5) is 11.4 Å². The Labute approximate surface area is 208 Å². The van der Waals surface area contributed by atoms with E-state index in [9.17, 15) is 25.0 Å². The van der Waals surface area contributed by atoms with Crippen LogP contribution in [0.15, 0.2) is 24.3 Å². The number of hydrogen-bond acceptors (Lipinski definition) is 10. The first-order chi connectivity index (χ1) is 17.2. The predicted molar refractivity (Wildman–Crippen MR) is 129 cm³/mol. The average Bonchev–Trinajstić information content (AvgIpc) is 3.51. The molecule has 2 atom stereocenters. The van der Waals surface area contributed by atoms with Gasteiger partial charge in [0.1, 0.15) is 23.6 Å². The summed E-state index contributed by atoms with van der Waals surface area (Å²) in [6.07, 6.45) is 2.20. The van der Waals surface area contributed by atoms with Crippen molar-refractivity contribution in [2.24, 2.45) is 0 Å². The minimum absolute atomic E-state index is 0.0217. The molecule has 2 fully saturated rings. The Kier molecular flexibility index (Phi) is 9.06. The lowest BCUT2D eigenvalue weighted by Crippen LogP contribution is -2.30. The van der Waals surface area contributed by atoms with E-state index in [1.807, 2.05) is 6.92 Å². The maximum atomic E-state index is 11.6. The number of likely N-dealkylation sites (tertiary alicyclic amines) is 1. The molecule has 2 aromatic heterocycles. The molecule has 4 heterocycles. The largest absolute Gasteiger partial charge is 0.473 e. The van der Waals surface area contributed by atoms with Gasteiger partial charge < -0.3 is 19.7 Å². The van der Waals surface area contributed by atoms with Crippen molar-refractivity contribution in [3.63, 3.8) is 0 Å². The molecular weight excluding hydrogens is 472 g/mol. The van der Waals surface area contributed by atoms with Crippen LogP contribution in [0.2, 0.25) is 0 Å². The van der Waals surface area contributed by atoms with E-state index in [0.717, 1.165) is 25.9 Å². The van der Waals surface area contributed by atoms with Crippen LogP contribution in [-0.2, 0) is 4.79 Å². The Morgan fingerprint density at radius 2 is 1.56 bits per heavy atom. The summed E-state index contributed by atoms with van der Waals surface area (Å²) in [6, 6.07) is 5.86. The standard InChI is InChI=1S/C13H17N3O4.C10H13N3O3/c1-3-13(17)15-7-6-10(8-15)20-12-5-4-11(16(18)19)9(2)14-12;1-7-9(13(14)15)2-3-10(12-7)16-8-4-5-11-6-8/h4-5,10H,3,6-8H2,1-2H3;2-3,8,11H,4-6H2,1H3. The van der Waals surface area contributed by atoms with Crippen LogP contribution in [0.3, 0.4) is 0 Å². The minimum Gasteiger partial charge on any atom is -0.473 e. The lowest BCUT2D eigenvalue weighted by molar-refractivity contribution is -0.385. The van der Waals surface area contributed by atoms with Crippen LogP contribution < -0.4 is 14.8 Å². The summed E-state index contributed by atoms with van der Waals surface area (Å²) in [5.74, 6) is 0.935. The highest BCUT2D eigenvalue weighted by Gasteiger charge is 2.27. The van der Waals surface area contributed by atoms with Gasteiger partial charge in [-0.1, -0.05) is 6.92 Å². The van der Waals surface area contributed by atoms with Crippen LogP contribution in [0.5, 0.6) is 11.8 Å². The van der Waals surface area contributed by atoms with Gasteiger partial charge in [-0.3, -0.25) is 25.0 Å². The number of nitrogens with zero attached hydrogens (tertiary/aromatic N) is 5. The molecular formula is C23H30N6O7. The molecule has 0 radical (unpaired) electrons. The van der Waals surface area contributed by atoms with Gasteiger partial charge in [0, 0.05) is 50.2 Å². The molecule has 36 heavy (non-hydrogen) atoms.